The Labute approximate surface area is 181 Å². The van der Waals surface area contributed by atoms with Crippen LogP contribution < -0.4 is 9.80 Å². The molecule has 6 heteroatoms. The molecule has 0 atom stereocenters. The lowest BCUT2D eigenvalue weighted by atomic mass is 10.1. The van der Waals surface area contributed by atoms with Crippen molar-refractivity contribution in [1.82, 2.24) is 9.97 Å². The van der Waals surface area contributed by atoms with Gasteiger partial charge in [0.1, 0.15) is 23.0 Å². The van der Waals surface area contributed by atoms with Crippen molar-refractivity contribution in [3.63, 3.8) is 0 Å². The molecule has 1 aromatic carbocycles. The van der Waals surface area contributed by atoms with Crippen molar-refractivity contribution in [2.24, 2.45) is 0 Å². The Morgan fingerprint density at radius 3 is 2.59 bits per heavy atom. The monoisotopic (exact) mass is 427 g/mol. The lowest BCUT2D eigenvalue weighted by Gasteiger charge is -2.33. The van der Waals surface area contributed by atoms with Crippen LogP contribution in [-0.2, 0) is 19.4 Å². The fourth-order valence-corrected chi connectivity index (χ4v) is 6.18. The predicted molar refractivity (Wildman–Crippen MR) is 121 cm³/mol. The van der Waals surface area contributed by atoms with Crippen LogP contribution >= 0.6 is 22.9 Å². The smallest absolute Gasteiger partial charge is 0.141 e. The van der Waals surface area contributed by atoms with Gasteiger partial charge in [0.05, 0.1) is 31.6 Å². The Balaban J connectivity index is 1.37. The molecule has 1 N–H and O–H groups in total. The van der Waals surface area contributed by atoms with Gasteiger partial charge in [-0.15, -0.1) is 11.3 Å². The van der Waals surface area contributed by atoms with E-state index in [1.165, 1.54) is 53.7 Å². The number of halogens is 1. The van der Waals surface area contributed by atoms with E-state index in [0.29, 0.717) is 0 Å². The van der Waals surface area contributed by atoms with Gasteiger partial charge < -0.3 is 9.80 Å². The molecular weight excluding hydrogens is 400 g/mol. The van der Waals surface area contributed by atoms with E-state index in [0.717, 1.165) is 43.6 Å². The van der Waals surface area contributed by atoms with Crippen LogP contribution in [0.1, 0.15) is 41.1 Å². The summed E-state index contributed by atoms with van der Waals surface area (Å²) in [5, 5.41) is 2.17. The summed E-state index contributed by atoms with van der Waals surface area (Å²) in [5.41, 5.74) is 2.91. The molecule has 1 fully saturated rings. The van der Waals surface area contributed by atoms with Crippen LogP contribution in [-0.4, -0.2) is 36.1 Å². The molecular formula is C23H28ClN4S+. The van der Waals surface area contributed by atoms with Crippen LogP contribution in [0.15, 0.2) is 24.3 Å². The van der Waals surface area contributed by atoms with Crippen LogP contribution in [0.3, 0.4) is 0 Å². The number of aromatic nitrogens is 2. The highest BCUT2D eigenvalue weighted by Gasteiger charge is 2.26. The summed E-state index contributed by atoms with van der Waals surface area (Å²) in [6.45, 7) is 7.49. The molecule has 0 unspecified atom stereocenters. The molecule has 3 aromatic rings. The number of rotatable bonds is 3. The van der Waals surface area contributed by atoms with Gasteiger partial charge in [0.2, 0.25) is 0 Å². The van der Waals surface area contributed by atoms with Crippen molar-refractivity contribution < 1.29 is 4.90 Å². The third-order valence-electron chi connectivity index (χ3n) is 6.29. The summed E-state index contributed by atoms with van der Waals surface area (Å²) in [4.78, 5) is 16.7. The number of nitrogens with one attached hydrogen (secondary N) is 1. The first-order chi connectivity index (χ1) is 14.2. The number of thiophene rings is 1. The summed E-state index contributed by atoms with van der Waals surface area (Å²) in [6.07, 6.45) is 6.36. The molecule has 1 aliphatic carbocycles. The number of anilines is 1. The molecule has 2 aliphatic rings. The van der Waals surface area contributed by atoms with E-state index in [1.54, 1.807) is 15.3 Å². The van der Waals surface area contributed by atoms with Gasteiger partial charge in [0.15, 0.2) is 0 Å². The van der Waals surface area contributed by atoms with Gasteiger partial charge in [0, 0.05) is 15.5 Å². The molecule has 1 aliphatic heterocycles. The van der Waals surface area contributed by atoms with Gasteiger partial charge in [-0.1, -0.05) is 30.2 Å². The van der Waals surface area contributed by atoms with Crippen LogP contribution in [0.4, 0.5) is 5.82 Å². The van der Waals surface area contributed by atoms with Gasteiger partial charge in [-0.3, -0.25) is 0 Å². The Kier molecular flexibility index (Phi) is 5.46. The van der Waals surface area contributed by atoms with Crippen molar-refractivity contribution in [2.75, 3.05) is 31.1 Å². The van der Waals surface area contributed by atoms with Gasteiger partial charge in [-0.05, 0) is 50.3 Å². The van der Waals surface area contributed by atoms with Crippen LogP contribution in [0, 0.1) is 6.92 Å². The highest BCUT2D eigenvalue weighted by molar-refractivity contribution is 7.19. The average Bonchev–Trinajstić information content (AvgIpc) is 2.90. The molecule has 29 heavy (non-hydrogen) atoms. The number of piperazine rings is 1. The van der Waals surface area contributed by atoms with Crippen molar-refractivity contribution in [3.05, 3.63) is 51.1 Å². The topological polar surface area (TPSA) is 33.5 Å². The van der Waals surface area contributed by atoms with E-state index >= 15 is 0 Å². The maximum atomic E-state index is 6.03. The summed E-state index contributed by atoms with van der Waals surface area (Å²) < 4.78 is 0. The Bertz CT molecular complexity index is 1010. The van der Waals surface area contributed by atoms with E-state index in [2.05, 4.69) is 17.0 Å². The highest BCUT2D eigenvalue weighted by atomic mass is 35.5. The highest BCUT2D eigenvalue weighted by Crippen LogP contribution is 2.39. The van der Waals surface area contributed by atoms with Gasteiger partial charge >= 0.3 is 0 Å². The molecule has 0 saturated carbocycles. The minimum absolute atomic E-state index is 0.812. The van der Waals surface area contributed by atoms with E-state index in [9.17, 15) is 0 Å². The average molecular weight is 428 g/mol. The van der Waals surface area contributed by atoms with Gasteiger partial charge in [-0.25, -0.2) is 9.97 Å². The molecule has 2 aromatic heterocycles. The Morgan fingerprint density at radius 1 is 1.03 bits per heavy atom. The third-order valence-corrected chi connectivity index (χ3v) is 7.73. The maximum absolute atomic E-state index is 6.03. The number of nitrogens with zero attached hydrogens (tertiary/aromatic N) is 3. The fraction of sp³-hybridized carbons (Fsp3) is 0.478. The van der Waals surface area contributed by atoms with E-state index in [4.69, 9.17) is 21.6 Å². The van der Waals surface area contributed by atoms with Crippen molar-refractivity contribution in [2.45, 2.75) is 45.6 Å². The molecule has 3 heterocycles. The number of hydrogen-bond donors (Lipinski definition) is 1. The van der Waals surface area contributed by atoms with E-state index in [-0.39, 0.29) is 0 Å². The minimum atomic E-state index is 0.812. The van der Waals surface area contributed by atoms with Gasteiger partial charge in [0.25, 0.3) is 0 Å². The Morgan fingerprint density at radius 2 is 1.79 bits per heavy atom. The quantitative estimate of drug-likeness (QED) is 0.645. The number of aryl methyl sites for hydroxylation is 3. The molecule has 152 valence electrons. The van der Waals surface area contributed by atoms with Gasteiger partial charge in [-0.2, -0.15) is 0 Å². The standard InChI is InChI=1S/C23H27ClN4S/c1-16-25-22(21-19-5-3-2-4-6-20(19)29-23(21)26-16)28-13-11-27(12-14-28)15-17-7-9-18(24)10-8-17/h7-10H,2-6,11-15H2,1H3/p+1. The first-order valence-corrected chi connectivity index (χ1v) is 12.0. The number of fused-ring (bicyclic) bond motifs is 3. The second kappa shape index (κ2) is 8.21. The molecule has 1 saturated heterocycles. The normalized spacial score (nSPS) is 18.1. The van der Waals surface area contributed by atoms with E-state index in [1.807, 2.05) is 30.4 Å². The second-order valence-corrected chi connectivity index (χ2v) is 9.90. The minimum Gasteiger partial charge on any atom is -0.345 e. The lowest BCUT2D eigenvalue weighted by molar-refractivity contribution is -0.914. The molecule has 0 radical (unpaired) electrons. The maximum Gasteiger partial charge on any atom is 0.141 e. The zero-order chi connectivity index (χ0) is 19.8. The number of hydrogen-bond acceptors (Lipinski definition) is 4. The summed E-state index contributed by atoms with van der Waals surface area (Å²) in [6, 6.07) is 8.30. The SMILES string of the molecule is Cc1nc(N2CC[NH+](Cc3ccc(Cl)cc3)CC2)c2c3c(sc2n1)CCCCC3. The summed E-state index contributed by atoms with van der Waals surface area (Å²) >= 11 is 7.94. The van der Waals surface area contributed by atoms with Crippen LogP contribution in [0.25, 0.3) is 10.2 Å². The lowest BCUT2D eigenvalue weighted by Crippen LogP contribution is -3.13. The first kappa shape index (κ1) is 19.3. The van der Waals surface area contributed by atoms with E-state index < -0.39 is 0 Å². The zero-order valence-corrected chi connectivity index (χ0v) is 18.6. The van der Waals surface area contributed by atoms with Crippen LogP contribution in [0.5, 0.6) is 0 Å². The number of benzene rings is 1. The number of quaternary nitrogens is 1. The largest absolute Gasteiger partial charge is 0.345 e. The molecule has 4 nitrogen and oxygen atoms in total. The van der Waals surface area contributed by atoms with Crippen molar-refractivity contribution in [3.8, 4) is 0 Å². The summed E-state index contributed by atoms with van der Waals surface area (Å²) in [5.74, 6) is 2.09. The predicted octanol–water partition coefficient (Wildman–Crippen LogP) is 3.83. The van der Waals surface area contributed by atoms with Crippen LogP contribution in [0.2, 0.25) is 5.02 Å². The fourth-order valence-electron chi connectivity index (χ4n) is 4.75. The third kappa shape index (κ3) is 4.00. The van der Waals surface area contributed by atoms with Crippen molar-refractivity contribution >= 4 is 39.0 Å². The Hall–Kier alpha value is -1.69. The zero-order valence-electron chi connectivity index (χ0n) is 17.0. The second-order valence-electron chi connectivity index (χ2n) is 8.38. The molecule has 0 amide bonds. The van der Waals surface area contributed by atoms with Crippen molar-refractivity contribution in [1.29, 1.82) is 0 Å². The first-order valence-electron chi connectivity index (χ1n) is 10.8. The summed E-state index contributed by atoms with van der Waals surface area (Å²) in [7, 11) is 0. The molecule has 0 bridgehead atoms. The molecule has 5 rings (SSSR count). The molecule has 0 spiro atoms.